The maximum atomic E-state index is 13.5. The third-order valence-electron chi connectivity index (χ3n) is 2.93. The fourth-order valence-electron chi connectivity index (χ4n) is 1.78. The van der Waals surface area contributed by atoms with Crippen LogP contribution in [0.2, 0.25) is 0 Å². The molecule has 0 saturated heterocycles. The molecule has 0 spiro atoms. The lowest BCUT2D eigenvalue weighted by atomic mass is 10.1. The first-order valence-corrected chi connectivity index (χ1v) is 6.81. The van der Waals surface area contributed by atoms with Gasteiger partial charge in [0.2, 0.25) is 0 Å². The van der Waals surface area contributed by atoms with Crippen LogP contribution in [0.25, 0.3) is 0 Å². The van der Waals surface area contributed by atoms with Crippen LogP contribution in [0.3, 0.4) is 0 Å². The highest BCUT2D eigenvalue weighted by molar-refractivity contribution is 5.20. The van der Waals surface area contributed by atoms with E-state index in [0.717, 1.165) is 38.2 Å². The summed E-state index contributed by atoms with van der Waals surface area (Å²) in [6.07, 6.45) is 3.25. The molecule has 0 aliphatic rings. The van der Waals surface area contributed by atoms with Crippen LogP contribution in [0.5, 0.6) is 0 Å². The molecule has 0 aliphatic heterocycles. The zero-order valence-corrected chi connectivity index (χ0v) is 11.4. The Hall–Kier alpha value is -0.930. The van der Waals surface area contributed by atoms with Crippen molar-refractivity contribution >= 4 is 0 Å². The number of ether oxygens (including phenoxy) is 1. The summed E-state index contributed by atoms with van der Waals surface area (Å²) in [7, 11) is 0. The van der Waals surface area contributed by atoms with Crippen molar-refractivity contribution < 1.29 is 9.13 Å². The molecule has 0 saturated carbocycles. The van der Waals surface area contributed by atoms with E-state index in [1.54, 1.807) is 6.07 Å². The van der Waals surface area contributed by atoms with E-state index in [1.165, 1.54) is 12.5 Å². The molecule has 1 aromatic carbocycles. The lowest BCUT2D eigenvalue weighted by Gasteiger charge is -2.14. The second-order valence-corrected chi connectivity index (χ2v) is 4.52. The fourth-order valence-corrected chi connectivity index (χ4v) is 1.78. The lowest BCUT2D eigenvalue weighted by molar-refractivity contribution is 0.128. The topological polar surface area (TPSA) is 21.3 Å². The molecule has 0 radical (unpaired) electrons. The SMILES string of the molecule is CCCCOCCCNC(C)c1ccccc1F. The maximum Gasteiger partial charge on any atom is 0.127 e. The van der Waals surface area contributed by atoms with Gasteiger partial charge < -0.3 is 10.1 Å². The van der Waals surface area contributed by atoms with Gasteiger partial charge in [-0.15, -0.1) is 0 Å². The summed E-state index contributed by atoms with van der Waals surface area (Å²) < 4.78 is 19.0. The number of halogens is 1. The Morgan fingerprint density at radius 2 is 1.94 bits per heavy atom. The van der Waals surface area contributed by atoms with E-state index in [-0.39, 0.29) is 11.9 Å². The van der Waals surface area contributed by atoms with Crippen LogP contribution in [-0.4, -0.2) is 19.8 Å². The first kappa shape index (κ1) is 15.1. The molecule has 1 unspecified atom stereocenters. The van der Waals surface area contributed by atoms with Gasteiger partial charge in [-0.1, -0.05) is 31.5 Å². The standard InChI is InChI=1S/C15H24FNO/c1-3-4-11-18-12-7-10-17-13(2)14-8-5-6-9-15(14)16/h5-6,8-9,13,17H,3-4,7,10-12H2,1-2H3. The van der Waals surface area contributed by atoms with Crippen molar-refractivity contribution in [2.45, 2.75) is 39.2 Å². The highest BCUT2D eigenvalue weighted by Gasteiger charge is 2.08. The summed E-state index contributed by atoms with van der Waals surface area (Å²) >= 11 is 0. The molecular weight excluding hydrogens is 229 g/mol. The van der Waals surface area contributed by atoms with Crippen LogP contribution in [0, 0.1) is 5.82 Å². The molecular formula is C15H24FNO. The Bertz CT molecular complexity index is 330. The van der Waals surface area contributed by atoms with Crippen molar-refractivity contribution in [3.05, 3.63) is 35.6 Å². The van der Waals surface area contributed by atoms with Gasteiger partial charge >= 0.3 is 0 Å². The number of hydrogen-bond acceptors (Lipinski definition) is 2. The normalized spacial score (nSPS) is 12.6. The maximum absolute atomic E-state index is 13.5. The average molecular weight is 253 g/mol. The highest BCUT2D eigenvalue weighted by Crippen LogP contribution is 2.15. The van der Waals surface area contributed by atoms with Gasteiger partial charge in [0.1, 0.15) is 5.82 Å². The van der Waals surface area contributed by atoms with Gasteiger partial charge in [0.25, 0.3) is 0 Å². The molecule has 1 atom stereocenters. The third kappa shape index (κ3) is 5.61. The molecule has 0 heterocycles. The van der Waals surface area contributed by atoms with Crippen LogP contribution in [0.15, 0.2) is 24.3 Å². The molecule has 2 nitrogen and oxygen atoms in total. The van der Waals surface area contributed by atoms with Crippen molar-refractivity contribution in [1.82, 2.24) is 5.32 Å². The second-order valence-electron chi connectivity index (χ2n) is 4.52. The van der Waals surface area contributed by atoms with E-state index < -0.39 is 0 Å². The molecule has 102 valence electrons. The second kappa shape index (κ2) is 9.06. The lowest BCUT2D eigenvalue weighted by Crippen LogP contribution is -2.21. The zero-order valence-electron chi connectivity index (χ0n) is 11.4. The van der Waals surface area contributed by atoms with Gasteiger partial charge in [-0.05, 0) is 32.4 Å². The summed E-state index contributed by atoms with van der Waals surface area (Å²) in [6.45, 7) is 6.61. The van der Waals surface area contributed by atoms with Crippen LogP contribution in [-0.2, 0) is 4.74 Å². The molecule has 0 fully saturated rings. The Kier molecular flexibility index (Phi) is 7.62. The minimum absolute atomic E-state index is 0.0434. The summed E-state index contributed by atoms with van der Waals surface area (Å²) in [5.74, 6) is -0.142. The summed E-state index contributed by atoms with van der Waals surface area (Å²) in [6, 6.07) is 6.95. The Labute approximate surface area is 110 Å². The van der Waals surface area contributed by atoms with E-state index in [4.69, 9.17) is 4.74 Å². The van der Waals surface area contributed by atoms with Gasteiger partial charge in [0.15, 0.2) is 0 Å². The fraction of sp³-hybridized carbons (Fsp3) is 0.600. The first-order valence-electron chi connectivity index (χ1n) is 6.81. The number of unbranched alkanes of at least 4 members (excludes halogenated alkanes) is 1. The minimum atomic E-state index is -0.142. The largest absolute Gasteiger partial charge is 0.381 e. The Balaban J connectivity index is 2.14. The van der Waals surface area contributed by atoms with Gasteiger partial charge in [0, 0.05) is 24.8 Å². The van der Waals surface area contributed by atoms with Gasteiger partial charge in [-0.25, -0.2) is 4.39 Å². The summed E-state index contributed by atoms with van der Waals surface area (Å²) in [4.78, 5) is 0. The van der Waals surface area contributed by atoms with Crippen molar-refractivity contribution in [1.29, 1.82) is 0 Å². The highest BCUT2D eigenvalue weighted by atomic mass is 19.1. The molecule has 1 N–H and O–H groups in total. The number of hydrogen-bond donors (Lipinski definition) is 1. The van der Waals surface area contributed by atoms with Crippen molar-refractivity contribution in [2.75, 3.05) is 19.8 Å². The van der Waals surface area contributed by atoms with Crippen LogP contribution in [0.4, 0.5) is 4.39 Å². The number of nitrogens with one attached hydrogen (secondary N) is 1. The third-order valence-corrected chi connectivity index (χ3v) is 2.93. The quantitative estimate of drug-likeness (QED) is 0.678. The predicted octanol–water partition coefficient (Wildman–Crippen LogP) is 3.68. The van der Waals surface area contributed by atoms with Gasteiger partial charge in [-0.2, -0.15) is 0 Å². The molecule has 0 bridgehead atoms. The molecule has 18 heavy (non-hydrogen) atoms. The molecule has 3 heteroatoms. The zero-order chi connectivity index (χ0) is 13.2. The molecule has 1 rings (SSSR count). The average Bonchev–Trinajstić information content (AvgIpc) is 2.38. The number of rotatable bonds is 9. The van der Waals surface area contributed by atoms with Crippen molar-refractivity contribution in [3.8, 4) is 0 Å². The molecule has 0 aromatic heterocycles. The summed E-state index contributed by atoms with van der Waals surface area (Å²) in [5.41, 5.74) is 0.726. The predicted molar refractivity (Wildman–Crippen MR) is 73.2 cm³/mol. The van der Waals surface area contributed by atoms with Gasteiger partial charge in [0.05, 0.1) is 0 Å². The van der Waals surface area contributed by atoms with Crippen LogP contribution < -0.4 is 5.32 Å². The molecule has 0 aliphatic carbocycles. The monoisotopic (exact) mass is 253 g/mol. The van der Waals surface area contributed by atoms with E-state index in [2.05, 4.69) is 12.2 Å². The van der Waals surface area contributed by atoms with Gasteiger partial charge in [-0.3, -0.25) is 0 Å². The first-order chi connectivity index (χ1) is 8.75. The molecule has 1 aromatic rings. The van der Waals surface area contributed by atoms with E-state index in [0.29, 0.717) is 0 Å². The van der Waals surface area contributed by atoms with E-state index >= 15 is 0 Å². The minimum Gasteiger partial charge on any atom is -0.381 e. The summed E-state index contributed by atoms with van der Waals surface area (Å²) in [5, 5.41) is 3.31. The smallest absolute Gasteiger partial charge is 0.127 e. The number of benzene rings is 1. The Morgan fingerprint density at radius 3 is 2.67 bits per heavy atom. The van der Waals surface area contributed by atoms with Crippen LogP contribution in [0.1, 0.15) is 44.7 Å². The van der Waals surface area contributed by atoms with Crippen molar-refractivity contribution in [2.24, 2.45) is 0 Å². The van der Waals surface area contributed by atoms with Crippen molar-refractivity contribution in [3.63, 3.8) is 0 Å². The van der Waals surface area contributed by atoms with E-state index in [1.807, 2.05) is 19.1 Å². The Morgan fingerprint density at radius 1 is 1.22 bits per heavy atom. The molecule has 0 amide bonds. The van der Waals surface area contributed by atoms with E-state index in [9.17, 15) is 4.39 Å². The van der Waals surface area contributed by atoms with Crippen LogP contribution >= 0.6 is 0 Å².